The minimum atomic E-state index is 0.705. The van der Waals surface area contributed by atoms with Crippen molar-refractivity contribution in [3.8, 4) is 0 Å². The summed E-state index contributed by atoms with van der Waals surface area (Å²) in [5.74, 6) is 1.76. The Morgan fingerprint density at radius 1 is 1.53 bits per heavy atom. The molecule has 0 bridgehead atoms. The van der Waals surface area contributed by atoms with Gasteiger partial charge in [0.2, 0.25) is 0 Å². The van der Waals surface area contributed by atoms with E-state index < -0.39 is 0 Å². The number of nitrogens with one attached hydrogen (secondary N) is 1. The van der Waals surface area contributed by atoms with Crippen LogP contribution >= 0.6 is 11.3 Å². The fourth-order valence-corrected chi connectivity index (χ4v) is 3.23. The summed E-state index contributed by atoms with van der Waals surface area (Å²) in [4.78, 5) is 4.30. The standard InChI is InChI=1S/C12H20N2S/c1-3-10-4-5-12(9(10)2)13-6-11-7-15-8-14-11/h7-10,12-13H,3-6H2,1-2H3. The summed E-state index contributed by atoms with van der Waals surface area (Å²) in [6.45, 7) is 5.64. The molecule has 0 saturated heterocycles. The zero-order valence-corrected chi connectivity index (χ0v) is 10.4. The molecule has 2 nitrogen and oxygen atoms in total. The van der Waals surface area contributed by atoms with Gasteiger partial charge in [-0.2, -0.15) is 0 Å². The van der Waals surface area contributed by atoms with Crippen LogP contribution in [0.1, 0.15) is 38.8 Å². The van der Waals surface area contributed by atoms with Crippen LogP contribution < -0.4 is 5.32 Å². The maximum atomic E-state index is 4.30. The Kier molecular flexibility index (Phi) is 3.76. The highest BCUT2D eigenvalue weighted by Gasteiger charge is 2.30. The maximum absolute atomic E-state index is 4.30. The summed E-state index contributed by atoms with van der Waals surface area (Å²) in [5, 5.41) is 5.77. The van der Waals surface area contributed by atoms with Gasteiger partial charge in [0.15, 0.2) is 0 Å². The monoisotopic (exact) mass is 224 g/mol. The van der Waals surface area contributed by atoms with E-state index >= 15 is 0 Å². The molecule has 3 atom stereocenters. The molecule has 1 fully saturated rings. The molecule has 1 aromatic rings. The van der Waals surface area contributed by atoms with Crippen LogP contribution in [0.25, 0.3) is 0 Å². The molecule has 84 valence electrons. The first kappa shape index (κ1) is 11.1. The predicted octanol–water partition coefficient (Wildman–Crippen LogP) is 3.06. The molecule has 1 heterocycles. The first-order chi connectivity index (χ1) is 7.31. The number of nitrogens with zero attached hydrogens (tertiary/aromatic N) is 1. The Morgan fingerprint density at radius 2 is 2.40 bits per heavy atom. The normalized spacial score (nSPS) is 30.9. The fraction of sp³-hybridized carbons (Fsp3) is 0.750. The molecule has 2 rings (SSSR count). The quantitative estimate of drug-likeness (QED) is 0.850. The lowest BCUT2D eigenvalue weighted by molar-refractivity contribution is 0.344. The van der Waals surface area contributed by atoms with Crippen molar-refractivity contribution in [3.05, 3.63) is 16.6 Å². The Balaban J connectivity index is 1.81. The largest absolute Gasteiger partial charge is 0.308 e. The molecule has 0 amide bonds. The van der Waals surface area contributed by atoms with Crippen LogP contribution in [0.2, 0.25) is 0 Å². The van der Waals surface area contributed by atoms with Gasteiger partial charge in [0.05, 0.1) is 11.2 Å². The van der Waals surface area contributed by atoms with Gasteiger partial charge in [-0.05, 0) is 24.7 Å². The first-order valence-corrected chi connectivity index (χ1v) is 6.86. The molecule has 1 aliphatic carbocycles. The molecule has 1 aliphatic rings. The average molecular weight is 224 g/mol. The van der Waals surface area contributed by atoms with E-state index in [0.717, 1.165) is 18.4 Å². The van der Waals surface area contributed by atoms with Crippen molar-refractivity contribution in [2.75, 3.05) is 0 Å². The van der Waals surface area contributed by atoms with Crippen LogP contribution in [-0.2, 0) is 6.54 Å². The van der Waals surface area contributed by atoms with Gasteiger partial charge in [-0.1, -0.05) is 20.3 Å². The molecule has 0 spiro atoms. The lowest BCUT2D eigenvalue weighted by atomic mass is 9.93. The summed E-state index contributed by atoms with van der Waals surface area (Å²) in [6.07, 6.45) is 4.06. The summed E-state index contributed by atoms with van der Waals surface area (Å²) < 4.78 is 0. The number of hydrogen-bond donors (Lipinski definition) is 1. The molecule has 0 aliphatic heterocycles. The smallest absolute Gasteiger partial charge is 0.0795 e. The highest BCUT2D eigenvalue weighted by molar-refractivity contribution is 7.07. The molecule has 1 aromatic heterocycles. The SMILES string of the molecule is CCC1CCC(NCc2cscn2)C1C. The van der Waals surface area contributed by atoms with Crippen LogP contribution in [0, 0.1) is 11.8 Å². The average Bonchev–Trinajstić information content (AvgIpc) is 2.85. The highest BCUT2D eigenvalue weighted by Crippen LogP contribution is 2.33. The summed E-state index contributed by atoms with van der Waals surface area (Å²) in [7, 11) is 0. The second-order valence-corrected chi connectivity index (χ2v) is 5.29. The van der Waals surface area contributed by atoms with E-state index in [9.17, 15) is 0 Å². The number of hydrogen-bond acceptors (Lipinski definition) is 3. The molecule has 1 N–H and O–H groups in total. The van der Waals surface area contributed by atoms with Crippen LogP contribution in [0.15, 0.2) is 10.9 Å². The third kappa shape index (κ3) is 2.58. The van der Waals surface area contributed by atoms with Crippen molar-refractivity contribution < 1.29 is 0 Å². The van der Waals surface area contributed by atoms with Crippen LogP contribution in [0.4, 0.5) is 0 Å². The van der Waals surface area contributed by atoms with E-state index in [2.05, 4.69) is 29.5 Å². The first-order valence-electron chi connectivity index (χ1n) is 5.91. The van der Waals surface area contributed by atoms with Crippen molar-refractivity contribution in [2.45, 2.75) is 45.7 Å². The van der Waals surface area contributed by atoms with E-state index in [0.29, 0.717) is 6.04 Å². The number of aromatic nitrogens is 1. The number of rotatable bonds is 4. The lowest BCUT2D eigenvalue weighted by Gasteiger charge is -2.20. The topological polar surface area (TPSA) is 24.9 Å². The Labute approximate surface area is 96.1 Å². The summed E-state index contributed by atoms with van der Waals surface area (Å²) in [5.41, 5.74) is 3.09. The van der Waals surface area contributed by atoms with E-state index in [1.54, 1.807) is 11.3 Å². The second-order valence-electron chi connectivity index (χ2n) is 4.57. The van der Waals surface area contributed by atoms with Gasteiger partial charge in [-0.15, -0.1) is 11.3 Å². The summed E-state index contributed by atoms with van der Waals surface area (Å²) in [6, 6.07) is 0.705. The third-order valence-electron chi connectivity index (χ3n) is 3.78. The second kappa shape index (κ2) is 5.08. The maximum Gasteiger partial charge on any atom is 0.0795 e. The van der Waals surface area contributed by atoms with Crippen LogP contribution in [-0.4, -0.2) is 11.0 Å². The van der Waals surface area contributed by atoms with Gasteiger partial charge in [0.25, 0.3) is 0 Å². The van der Waals surface area contributed by atoms with E-state index in [4.69, 9.17) is 0 Å². The molecule has 0 aromatic carbocycles. The van der Waals surface area contributed by atoms with Crippen molar-refractivity contribution >= 4 is 11.3 Å². The zero-order chi connectivity index (χ0) is 10.7. The minimum Gasteiger partial charge on any atom is -0.308 e. The van der Waals surface area contributed by atoms with Crippen molar-refractivity contribution in [1.82, 2.24) is 10.3 Å². The van der Waals surface area contributed by atoms with Gasteiger partial charge < -0.3 is 5.32 Å². The Hall–Kier alpha value is -0.410. The van der Waals surface area contributed by atoms with E-state index in [1.807, 2.05) is 5.51 Å². The predicted molar refractivity (Wildman–Crippen MR) is 64.9 cm³/mol. The highest BCUT2D eigenvalue weighted by atomic mass is 32.1. The Bertz CT molecular complexity index is 284. The van der Waals surface area contributed by atoms with E-state index in [1.165, 1.54) is 25.0 Å². The van der Waals surface area contributed by atoms with Crippen molar-refractivity contribution in [3.63, 3.8) is 0 Å². The van der Waals surface area contributed by atoms with Gasteiger partial charge in [-0.25, -0.2) is 4.98 Å². The van der Waals surface area contributed by atoms with Crippen molar-refractivity contribution in [1.29, 1.82) is 0 Å². The zero-order valence-electron chi connectivity index (χ0n) is 9.57. The molecule has 3 unspecified atom stereocenters. The lowest BCUT2D eigenvalue weighted by Crippen LogP contribution is -2.32. The van der Waals surface area contributed by atoms with Gasteiger partial charge in [-0.3, -0.25) is 0 Å². The molecular weight excluding hydrogens is 204 g/mol. The molecule has 3 heteroatoms. The Morgan fingerprint density at radius 3 is 3.00 bits per heavy atom. The van der Waals surface area contributed by atoms with Crippen molar-refractivity contribution in [2.24, 2.45) is 11.8 Å². The van der Waals surface area contributed by atoms with Gasteiger partial charge in [0, 0.05) is 18.0 Å². The molecule has 1 saturated carbocycles. The number of thiazole rings is 1. The molecular formula is C12H20N2S. The van der Waals surface area contributed by atoms with Gasteiger partial charge >= 0.3 is 0 Å². The summed E-state index contributed by atoms with van der Waals surface area (Å²) >= 11 is 1.68. The van der Waals surface area contributed by atoms with Gasteiger partial charge in [0.1, 0.15) is 0 Å². The third-order valence-corrected chi connectivity index (χ3v) is 4.42. The van der Waals surface area contributed by atoms with E-state index in [-0.39, 0.29) is 0 Å². The fourth-order valence-electron chi connectivity index (χ4n) is 2.67. The molecule has 15 heavy (non-hydrogen) atoms. The van der Waals surface area contributed by atoms with Crippen LogP contribution in [0.5, 0.6) is 0 Å². The minimum absolute atomic E-state index is 0.705. The van der Waals surface area contributed by atoms with Crippen LogP contribution in [0.3, 0.4) is 0 Å². The molecule has 0 radical (unpaired) electrons.